The fraction of sp³-hybridized carbons (Fsp3) is 0.308. The molecule has 0 bridgehead atoms. The molecule has 0 amide bonds. The van der Waals surface area contributed by atoms with Crippen molar-refractivity contribution >= 4 is 16.7 Å². The van der Waals surface area contributed by atoms with Gasteiger partial charge in [0.2, 0.25) is 0 Å². The Morgan fingerprint density at radius 2 is 1.97 bits per heavy atom. The Morgan fingerprint density at radius 3 is 2.84 bits per heavy atom. The summed E-state index contributed by atoms with van der Waals surface area (Å²) in [5, 5.41) is 4.78. The molecule has 0 radical (unpaired) electrons. The van der Waals surface area contributed by atoms with E-state index in [9.17, 15) is 0 Å². The maximum Gasteiger partial charge on any atom is 0.141 e. The molecule has 0 aliphatic heterocycles. The van der Waals surface area contributed by atoms with Gasteiger partial charge >= 0.3 is 0 Å². The van der Waals surface area contributed by atoms with Gasteiger partial charge in [-0.25, -0.2) is 9.97 Å². The zero-order valence-electron chi connectivity index (χ0n) is 17.7. The van der Waals surface area contributed by atoms with Crippen LogP contribution >= 0.6 is 0 Å². The van der Waals surface area contributed by atoms with Gasteiger partial charge in [0, 0.05) is 29.9 Å². The Kier molecular flexibility index (Phi) is 4.32. The molecule has 1 saturated carbocycles. The van der Waals surface area contributed by atoms with Gasteiger partial charge in [0.05, 0.1) is 17.8 Å². The highest BCUT2D eigenvalue weighted by Gasteiger charge is 2.42. The second kappa shape index (κ2) is 7.20. The fourth-order valence-corrected chi connectivity index (χ4v) is 5.01. The van der Waals surface area contributed by atoms with Gasteiger partial charge in [-0.1, -0.05) is 24.3 Å². The average molecular weight is 411 g/mol. The second-order valence-corrected chi connectivity index (χ2v) is 9.01. The molecule has 1 fully saturated rings. The van der Waals surface area contributed by atoms with Crippen LogP contribution < -0.4 is 5.32 Å². The van der Waals surface area contributed by atoms with Crippen molar-refractivity contribution in [3.8, 4) is 11.3 Å². The third-order valence-corrected chi connectivity index (χ3v) is 6.81. The first kappa shape index (κ1) is 18.6. The predicted molar refractivity (Wildman–Crippen MR) is 123 cm³/mol. The van der Waals surface area contributed by atoms with Gasteiger partial charge in [0.25, 0.3) is 0 Å². The summed E-state index contributed by atoms with van der Waals surface area (Å²) >= 11 is 0. The molecule has 2 aliphatic carbocycles. The van der Waals surface area contributed by atoms with E-state index in [1.165, 1.54) is 35.2 Å². The highest BCUT2D eigenvalue weighted by Crippen LogP contribution is 2.41. The molecule has 1 atom stereocenters. The number of anilines is 1. The molecule has 0 spiro atoms. The van der Waals surface area contributed by atoms with Crippen LogP contribution in [-0.2, 0) is 17.6 Å². The molecule has 1 unspecified atom stereocenters. The topological polar surface area (TPSA) is 62.8 Å². The number of ether oxygens (including phenoxy) is 1. The minimum atomic E-state index is 0.149. The van der Waals surface area contributed by atoms with Crippen molar-refractivity contribution in [1.82, 2.24) is 15.0 Å². The molecular formula is C26H26N4O. The van der Waals surface area contributed by atoms with Gasteiger partial charge in [-0.3, -0.25) is 0 Å². The quantitative estimate of drug-likeness (QED) is 0.464. The highest BCUT2D eigenvalue weighted by atomic mass is 16.5. The van der Waals surface area contributed by atoms with E-state index in [0.717, 1.165) is 41.7 Å². The largest absolute Gasteiger partial charge is 0.382 e. The van der Waals surface area contributed by atoms with Crippen molar-refractivity contribution in [2.75, 3.05) is 19.0 Å². The van der Waals surface area contributed by atoms with Crippen molar-refractivity contribution in [3.05, 3.63) is 77.7 Å². The van der Waals surface area contributed by atoms with E-state index in [0.29, 0.717) is 5.92 Å². The van der Waals surface area contributed by atoms with E-state index in [1.807, 2.05) is 12.3 Å². The molecule has 156 valence electrons. The number of nitrogens with zero attached hydrogens (tertiary/aromatic N) is 2. The van der Waals surface area contributed by atoms with Crippen LogP contribution in [0.1, 0.15) is 35.4 Å². The van der Waals surface area contributed by atoms with Crippen LogP contribution in [0.2, 0.25) is 0 Å². The Balaban J connectivity index is 1.25. The van der Waals surface area contributed by atoms with Crippen LogP contribution in [0.15, 0.2) is 61.1 Å². The van der Waals surface area contributed by atoms with Gasteiger partial charge in [0.1, 0.15) is 12.0 Å². The second-order valence-electron chi connectivity index (χ2n) is 9.01. The molecule has 5 nitrogen and oxygen atoms in total. The molecule has 2 heterocycles. The Labute approximate surface area is 181 Å². The smallest absolute Gasteiger partial charge is 0.141 e. The summed E-state index contributed by atoms with van der Waals surface area (Å²) in [7, 11) is 1.78. The number of hydrogen-bond donors (Lipinski definition) is 2. The number of methoxy groups -OCH3 is 1. The molecule has 0 saturated heterocycles. The number of H-pyrrole nitrogens is 1. The van der Waals surface area contributed by atoms with Crippen LogP contribution in [0.25, 0.3) is 22.3 Å². The zero-order valence-corrected chi connectivity index (χ0v) is 17.7. The lowest BCUT2D eigenvalue weighted by molar-refractivity contribution is 0.179. The average Bonchev–Trinajstić information content (AvgIpc) is 3.20. The van der Waals surface area contributed by atoms with Crippen molar-refractivity contribution in [2.45, 2.75) is 37.1 Å². The molecule has 2 aromatic heterocycles. The number of aromatic amines is 1. The molecule has 31 heavy (non-hydrogen) atoms. The molecular weight excluding hydrogens is 384 g/mol. The minimum absolute atomic E-state index is 0.149. The first-order valence-electron chi connectivity index (χ1n) is 11.0. The van der Waals surface area contributed by atoms with E-state index in [-0.39, 0.29) is 5.54 Å². The fourth-order valence-electron chi connectivity index (χ4n) is 5.01. The summed E-state index contributed by atoms with van der Waals surface area (Å²) in [6.07, 6.45) is 8.09. The lowest BCUT2D eigenvalue weighted by atomic mass is 9.93. The number of benzene rings is 2. The summed E-state index contributed by atoms with van der Waals surface area (Å²) in [6, 6.07) is 17.8. The van der Waals surface area contributed by atoms with Crippen LogP contribution in [0.4, 0.5) is 5.69 Å². The first-order chi connectivity index (χ1) is 15.2. The molecule has 6 rings (SSSR count). The number of fused-ring (bicyclic) bond motifs is 2. The standard InChI is InChI=1S/C26H26N4O/c1-31-15-26(8-9-26)30-22-6-5-18-12-20(13-21(18)14-22)17-3-2-4-19(11-17)24-23-7-10-27-25(23)29-16-28-24/h2-7,10-11,14,16,20,30H,8-9,12-13,15H2,1H3,(H,27,28,29). The molecule has 2 aliphatic rings. The minimum Gasteiger partial charge on any atom is -0.382 e. The zero-order chi connectivity index (χ0) is 20.8. The maximum atomic E-state index is 5.40. The van der Waals surface area contributed by atoms with Crippen LogP contribution in [-0.4, -0.2) is 34.2 Å². The summed E-state index contributed by atoms with van der Waals surface area (Å²) in [6.45, 7) is 0.775. The van der Waals surface area contributed by atoms with E-state index < -0.39 is 0 Å². The number of nitrogens with one attached hydrogen (secondary N) is 2. The summed E-state index contributed by atoms with van der Waals surface area (Å²) < 4.78 is 5.40. The third kappa shape index (κ3) is 3.39. The summed E-state index contributed by atoms with van der Waals surface area (Å²) in [5.41, 5.74) is 8.70. The van der Waals surface area contributed by atoms with Gasteiger partial charge in [-0.2, -0.15) is 0 Å². The molecule has 2 aromatic carbocycles. The van der Waals surface area contributed by atoms with Crippen LogP contribution in [0, 0.1) is 0 Å². The Hall–Kier alpha value is -3.18. The van der Waals surface area contributed by atoms with Crippen LogP contribution in [0.3, 0.4) is 0 Å². The van der Waals surface area contributed by atoms with Crippen molar-refractivity contribution in [1.29, 1.82) is 0 Å². The Morgan fingerprint density at radius 1 is 1.06 bits per heavy atom. The van der Waals surface area contributed by atoms with E-state index in [1.54, 1.807) is 13.4 Å². The van der Waals surface area contributed by atoms with E-state index in [2.05, 4.69) is 62.7 Å². The molecule has 2 N–H and O–H groups in total. The molecule has 5 heteroatoms. The number of aromatic nitrogens is 3. The lowest BCUT2D eigenvalue weighted by Gasteiger charge is -2.18. The maximum absolute atomic E-state index is 5.40. The molecule has 4 aromatic rings. The van der Waals surface area contributed by atoms with Gasteiger partial charge < -0.3 is 15.0 Å². The summed E-state index contributed by atoms with van der Waals surface area (Å²) in [5.74, 6) is 0.502. The predicted octanol–water partition coefficient (Wildman–Crippen LogP) is 5.10. The van der Waals surface area contributed by atoms with Crippen LogP contribution in [0.5, 0.6) is 0 Å². The number of rotatable bonds is 6. The van der Waals surface area contributed by atoms with Crippen molar-refractivity contribution in [2.24, 2.45) is 0 Å². The lowest BCUT2D eigenvalue weighted by Crippen LogP contribution is -2.26. The SMILES string of the molecule is COCC1(Nc2ccc3c(c2)CC(c2cccc(-c4ncnc5[nH]ccc45)c2)C3)CC1. The third-order valence-electron chi connectivity index (χ3n) is 6.81. The highest BCUT2D eigenvalue weighted by molar-refractivity contribution is 5.90. The van der Waals surface area contributed by atoms with Gasteiger partial charge in [0.15, 0.2) is 0 Å². The van der Waals surface area contributed by atoms with Gasteiger partial charge in [-0.05, 0) is 72.6 Å². The Bertz CT molecular complexity index is 1260. The van der Waals surface area contributed by atoms with E-state index >= 15 is 0 Å². The van der Waals surface area contributed by atoms with Gasteiger partial charge in [-0.15, -0.1) is 0 Å². The first-order valence-corrected chi connectivity index (χ1v) is 11.0. The summed E-state index contributed by atoms with van der Waals surface area (Å²) in [4.78, 5) is 12.1. The van der Waals surface area contributed by atoms with E-state index in [4.69, 9.17) is 4.74 Å². The monoisotopic (exact) mass is 410 g/mol. The van der Waals surface area contributed by atoms with Crippen molar-refractivity contribution in [3.63, 3.8) is 0 Å². The normalized spacial score (nSPS) is 18.8. The number of hydrogen-bond acceptors (Lipinski definition) is 4. The van der Waals surface area contributed by atoms with Crippen molar-refractivity contribution < 1.29 is 4.74 Å².